The zero-order valence-corrected chi connectivity index (χ0v) is 17.7. The average molecular weight is 466 g/mol. The van der Waals surface area contributed by atoms with E-state index in [0.717, 1.165) is 69.9 Å². The molecule has 1 atom stereocenters. The lowest BCUT2D eigenvalue weighted by molar-refractivity contribution is 0.0124. The molecule has 0 radical (unpaired) electrons. The van der Waals surface area contributed by atoms with Crippen LogP contribution in [0, 0.1) is 6.92 Å². The van der Waals surface area contributed by atoms with Gasteiger partial charge in [-0.3, -0.25) is 9.89 Å². The maximum atomic E-state index is 5.88. The van der Waals surface area contributed by atoms with E-state index in [1.54, 1.807) is 14.2 Å². The molecule has 8 heteroatoms. The number of furan rings is 1. The van der Waals surface area contributed by atoms with Crippen LogP contribution in [0.5, 0.6) is 0 Å². The number of rotatable bonds is 8. The van der Waals surface area contributed by atoms with Gasteiger partial charge >= 0.3 is 0 Å². The number of morpholine rings is 1. The molecule has 1 aromatic rings. The Balaban J connectivity index is 0.00000312. The molecule has 0 aromatic carbocycles. The van der Waals surface area contributed by atoms with Crippen molar-refractivity contribution >= 4 is 29.9 Å². The van der Waals surface area contributed by atoms with Gasteiger partial charge in [0.15, 0.2) is 5.96 Å². The van der Waals surface area contributed by atoms with Crippen LogP contribution in [0.1, 0.15) is 24.0 Å². The fraction of sp³-hybridized carbons (Fsp3) is 0.706. The van der Waals surface area contributed by atoms with Crippen molar-refractivity contribution in [2.24, 2.45) is 4.99 Å². The summed E-state index contributed by atoms with van der Waals surface area (Å²) < 4.78 is 16.4. The quantitative estimate of drug-likeness (QED) is 0.264. The third-order valence-electron chi connectivity index (χ3n) is 4.08. The number of methoxy groups -OCH3 is 1. The number of ether oxygens (including phenoxy) is 2. The zero-order chi connectivity index (χ0) is 17.2. The van der Waals surface area contributed by atoms with Crippen molar-refractivity contribution in [2.45, 2.75) is 19.4 Å². The molecule has 2 N–H and O–H groups in total. The van der Waals surface area contributed by atoms with Crippen molar-refractivity contribution in [2.75, 3.05) is 60.2 Å². The molecule has 1 aliphatic rings. The number of aryl methyl sites for hydroxylation is 1. The summed E-state index contributed by atoms with van der Waals surface area (Å²) in [5.41, 5.74) is 0. The lowest BCUT2D eigenvalue weighted by Gasteiger charge is -2.33. The van der Waals surface area contributed by atoms with Gasteiger partial charge in [0, 0.05) is 46.9 Å². The van der Waals surface area contributed by atoms with E-state index in [4.69, 9.17) is 13.9 Å². The molecule has 0 aliphatic carbocycles. The summed E-state index contributed by atoms with van der Waals surface area (Å²) in [5.74, 6) is 2.72. The normalized spacial score (nSPS) is 17.0. The highest BCUT2D eigenvalue weighted by atomic mass is 127. The van der Waals surface area contributed by atoms with E-state index in [9.17, 15) is 0 Å². The number of hydrogen-bond donors (Lipinski definition) is 2. The minimum atomic E-state index is 0. The molecule has 0 saturated carbocycles. The minimum Gasteiger partial charge on any atom is -0.465 e. The predicted molar refractivity (Wildman–Crippen MR) is 110 cm³/mol. The van der Waals surface area contributed by atoms with Gasteiger partial charge in [0.25, 0.3) is 0 Å². The lowest BCUT2D eigenvalue weighted by atomic mass is 10.1. The Labute approximate surface area is 167 Å². The van der Waals surface area contributed by atoms with Crippen molar-refractivity contribution in [3.8, 4) is 0 Å². The van der Waals surface area contributed by atoms with Crippen LogP contribution < -0.4 is 10.6 Å². The highest BCUT2D eigenvalue weighted by Crippen LogP contribution is 2.23. The van der Waals surface area contributed by atoms with E-state index < -0.39 is 0 Å². The van der Waals surface area contributed by atoms with E-state index in [1.807, 2.05) is 13.0 Å². The van der Waals surface area contributed by atoms with Crippen LogP contribution in [-0.4, -0.2) is 71.0 Å². The smallest absolute Gasteiger partial charge is 0.191 e. The van der Waals surface area contributed by atoms with Gasteiger partial charge in [0.2, 0.25) is 0 Å². The largest absolute Gasteiger partial charge is 0.465 e. The molecule has 0 spiro atoms. The van der Waals surface area contributed by atoms with E-state index in [2.05, 4.69) is 26.6 Å². The first-order valence-corrected chi connectivity index (χ1v) is 8.56. The van der Waals surface area contributed by atoms with Gasteiger partial charge in [-0.25, -0.2) is 0 Å². The SMILES string of the molecule is CN=C(NCCCOC)NCC(c1ccc(C)o1)N1CCOCC1.I. The monoisotopic (exact) mass is 466 g/mol. The summed E-state index contributed by atoms with van der Waals surface area (Å²) in [6.45, 7) is 7.63. The van der Waals surface area contributed by atoms with Crippen LogP contribution in [-0.2, 0) is 9.47 Å². The summed E-state index contributed by atoms with van der Waals surface area (Å²) in [7, 11) is 3.50. The maximum absolute atomic E-state index is 5.88. The van der Waals surface area contributed by atoms with Gasteiger partial charge in [0.05, 0.1) is 19.3 Å². The van der Waals surface area contributed by atoms with Crippen LogP contribution in [0.2, 0.25) is 0 Å². The molecule has 1 aliphatic heterocycles. The Bertz CT molecular complexity index is 504. The van der Waals surface area contributed by atoms with Gasteiger partial charge in [-0.15, -0.1) is 24.0 Å². The van der Waals surface area contributed by atoms with Crippen LogP contribution in [0.4, 0.5) is 0 Å². The Kier molecular flexibility index (Phi) is 11.1. The van der Waals surface area contributed by atoms with E-state index in [1.165, 1.54) is 0 Å². The van der Waals surface area contributed by atoms with Gasteiger partial charge in [-0.1, -0.05) is 0 Å². The third-order valence-corrected chi connectivity index (χ3v) is 4.08. The molecule has 2 rings (SSSR count). The standard InChI is InChI=1S/C17H30N4O3.HI/c1-14-5-6-16(24-14)15(21-8-11-23-12-9-21)13-20-17(18-2)19-7-4-10-22-3;/h5-6,15H,4,7-13H2,1-3H3,(H2,18,19,20);1H. The molecular formula is C17H31IN4O3. The Morgan fingerprint density at radius 1 is 1.32 bits per heavy atom. The molecule has 2 heterocycles. The number of nitrogens with zero attached hydrogens (tertiary/aromatic N) is 2. The van der Waals surface area contributed by atoms with E-state index in [-0.39, 0.29) is 30.0 Å². The Morgan fingerprint density at radius 2 is 2.08 bits per heavy atom. The van der Waals surface area contributed by atoms with Crippen LogP contribution in [0.15, 0.2) is 21.5 Å². The molecule has 1 saturated heterocycles. The number of halogens is 1. The Hall–Kier alpha value is -0.840. The van der Waals surface area contributed by atoms with Gasteiger partial charge in [-0.05, 0) is 25.5 Å². The molecule has 0 amide bonds. The van der Waals surface area contributed by atoms with E-state index >= 15 is 0 Å². The first kappa shape index (κ1) is 22.2. The van der Waals surface area contributed by atoms with Crippen molar-refractivity contribution in [1.82, 2.24) is 15.5 Å². The fourth-order valence-corrected chi connectivity index (χ4v) is 2.77. The topological polar surface area (TPSA) is 71.3 Å². The maximum Gasteiger partial charge on any atom is 0.191 e. The van der Waals surface area contributed by atoms with E-state index in [0.29, 0.717) is 0 Å². The fourth-order valence-electron chi connectivity index (χ4n) is 2.77. The summed E-state index contributed by atoms with van der Waals surface area (Å²) in [5, 5.41) is 6.71. The summed E-state index contributed by atoms with van der Waals surface area (Å²) in [4.78, 5) is 6.68. The van der Waals surface area contributed by atoms with Crippen LogP contribution in [0.3, 0.4) is 0 Å². The molecule has 1 aromatic heterocycles. The second-order valence-electron chi connectivity index (χ2n) is 5.84. The number of hydrogen-bond acceptors (Lipinski definition) is 5. The van der Waals surface area contributed by atoms with Crippen molar-refractivity contribution in [3.63, 3.8) is 0 Å². The predicted octanol–water partition coefficient (Wildman–Crippen LogP) is 1.78. The first-order valence-electron chi connectivity index (χ1n) is 8.56. The first-order chi connectivity index (χ1) is 11.7. The van der Waals surface area contributed by atoms with Crippen molar-refractivity contribution in [3.05, 3.63) is 23.7 Å². The zero-order valence-electron chi connectivity index (χ0n) is 15.4. The summed E-state index contributed by atoms with van der Waals surface area (Å²) >= 11 is 0. The average Bonchev–Trinajstić information content (AvgIpc) is 3.04. The van der Waals surface area contributed by atoms with Crippen LogP contribution in [0.25, 0.3) is 0 Å². The molecule has 144 valence electrons. The number of guanidine groups is 1. The molecule has 0 bridgehead atoms. The van der Waals surface area contributed by atoms with Gasteiger partial charge in [0.1, 0.15) is 11.5 Å². The Morgan fingerprint density at radius 3 is 2.68 bits per heavy atom. The van der Waals surface area contributed by atoms with Gasteiger partial charge in [-0.2, -0.15) is 0 Å². The molecule has 1 unspecified atom stereocenters. The summed E-state index contributed by atoms with van der Waals surface area (Å²) in [6, 6.07) is 4.24. The molecule has 1 fully saturated rings. The third kappa shape index (κ3) is 7.51. The second-order valence-corrected chi connectivity index (χ2v) is 5.84. The highest BCUT2D eigenvalue weighted by molar-refractivity contribution is 14.0. The second kappa shape index (κ2) is 12.5. The lowest BCUT2D eigenvalue weighted by Crippen LogP contribution is -2.46. The van der Waals surface area contributed by atoms with Crippen molar-refractivity contribution < 1.29 is 13.9 Å². The van der Waals surface area contributed by atoms with Crippen molar-refractivity contribution in [1.29, 1.82) is 0 Å². The molecular weight excluding hydrogens is 435 g/mol. The van der Waals surface area contributed by atoms with Crippen LogP contribution >= 0.6 is 24.0 Å². The number of aliphatic imine (C=N–C) groups is 1. The van der Waals surface area contributed by atoms with Gasteiger partial charge < -0.3 is 24.5 Å². The highest BCUT2D eigenvalue weighted by Gasteiger charge is 2.25. The molecule has 25 heavy (non-hydrogen) atoms. The number of nitrogens with one attached hydrogen (secondary N) is 2. The molecule has 7 nitrogen and oxygen atoms in total. The minimum absolute atomic E-state index is 0. The summed E-state index contributed by atoms with van der Waals surface area (Å²) in [6.07, 6.45) is 0.946.